The first-order valence-electron chi connectivity index (χ1n) is 4.50. The minimum absolute atomic E-state index is 0.213. The van der Waals surface area contributed by atoms with Crippen molar-refractivity contribution < 1.29 is 14.4 Å². The Morgan fingerprint density at radius 1 is 1.62 bits per heavy atom. The number of hydrogen-bond acceptors (Lipinski definition) is 6. The van der Waals surface area contributed by atoms with Crippen LogP contribution >= 0.6 is 23.1 Å². The number of nitrogens with one attached hydrogen (secondary N) is 1. The van der Waals surface area contributed by atoms with Crippen LogP contribution in [0.25, 0.3) is 0 Å². The zero-order valence-corrected chi connectivity index (χ0v) is 9.98. The average Bonchev–Trinajstić information content (AvgIpc) is 2.61. The van der Waals surface area contributed by atoms with Gasteiger partial charge in [0, 0.05) is 12.7 Å². The first-order valence-corrected chi connectivity index (χ1v) is 6.36. The summed E-state index contributed by atoms with van der Waals surface area (Å²) in [7, 11) is 0. The number of aldehydes is 1. The van der Waals surface area contributed by atoms with Gasteiger partial charge in [0.25, 0.3) is 0 Å². The standard InChI is InChI=1S/C9H8N2O3S2/c1-4(13)10-9-11-5-3-15-6(2-12)7(14)8(5)16-9/h2,6H,3H2,1H3,(H,10,11,13). The van der Waals surface area contributed by atoms with E-state index in [4.69, 9.17) is 0 Å². The molecule has 1 N–H and O–H groups in total. The second-order valence-electron chi connectivity index (χ2n) is 3.21. The van der Waals surface area contributed by atoms with Gasteiger partial charge in [-0.05, 0) is 0 Å². The zero-order valence-electron chi connectivity index (χ0n) is 8.35. The Bertz CT molecular complexity index is 469. The Morgan fingerprint density at radius 3 is 3.00 bits per heavy atom. The number of rotatable bonds is 2. The second kappa shape index (κ2) is 4.34. The average molecular weight is 256 g/mol. The fourth-order valence-corrected chi connectivity index (χ4v) is 3.39. The van der Waals surface area contributed by atoms with E-state index in [1.807, 2.05) is 0 Å². The van der Waals surface area contributed by atoms with Gasteiger partial charge in [0.2, 0.25) is 5.91 Å². The van der Waals surface area contributed by atoms with Crippen LogP contribution in [0, 0.1) is 0 Å². The van der Waals surface area contributed by atoms with Gasteiger partial charge in [-0.2, -0.15) is 0 Å². The smallest absolute Gasteiger partial charge is 0.223 e. The second-order valence-corrected chi connectivity index (χ2v) is 5.34. The summed E-state index contributed by atoms with van der Waals surface area (Å²) in [5.41, 5.74) is 0.654. The molecule has 1 aromatic rings. The molecule has 1 aliphatic heterocycles. The number of fused-ring (bicyclic) bond motifs is 1. The molecular formula is C9H8N2O3S2. The SMILES string of the molecule is CC(=O)Nc1nc2c(s1)C(=O)C(C=O)SC2. The van der Waals surface area contributed by atoms with Crippen LogP contribution in [-0.2, 0) is 15.3 Å². The molecule has 16 heavy (non-hydrogen) atoms. The van der Waals surface area contributed by atoms with Crippen molar-refractivity contribution in [1.82, 2.24) is 4.98 Å². The quantitative estimate of drug-likeness (QED) is 0.633. The lowest BCUT2D eigenvalue weighted by Crippen LogP contribution is -2.23. The Labute approximate surface area is 99.6 Å². The molecule has 0 bridgehead atoms. The van der Waals surface area contributed by atoms with Crippen LogP contribution in [0.15, 0.2) is 0 Å². The number of carbonyl (C=O) groups excluding carboxylic acids is 3. The molecule has 2 rings (SSSR count). The van der Waals surface area contributed by atoms with Crippen LogP contribution in [0.1, 0.15) is 22.3 Å². The van der Waals surface area contributed by atoms with Crippen LogP contribution in [0.2, 0.25) is 0 Å². The molecule has 0 saturated heterocycles. The summed E-state index contributed by atoms with van der Waals surface area (Å²) in [6, 6.07) is 0. The lowest BCUT2D eigenvalue weighted by atomic mass is 10.2. The number of anilines is 1. The summed E-state index contributed by atoms with van der Waals surface area (Å²) in [6.07, 6.45) is 0.647. The highest BCUT2D eigenvalue weighted by Crippen LogP contribution is 2.34. The summed E-state index contributed by atoms with van der Waals surface area (Å²) in [4.78, 5) is 37.9. The molecule has 0 aliphatic carbocycles. The number of carbonyl (C=O) groups is 3. The van der Waals surface area contributed by atoms with Crippen LogP contribution in [0.5, 0.6) is 0 Å². The summed E-state index contributed by atoms with van der Waals surface area (Å²) in [5, 5.41) is 2.32. The zero-order chi connectivity index (χ0) is 11.7. The van der Waals surface area contributed by atoms with Crippen LogP contribution in [0.3, 0.4) is 0 Å². The van der Waals surface area contributed by atoms with Crippen molar-refractivity contribution in [2.24, 2.45) is 0 Å². The van der Waals surface area contributed by atoms with Gasteiger partial charge >= 0.3 is 0 Å². The summed E-state index contributed by atoms with van der Waals surface area (Å²) in [6.45, 7) is 1.38. The predicted octanol–water partition coefficient (Wildman–Crippen LogP) is 1.10. The van der Waals surface area contributed by atoms with Gasteiger partial charge in [0.1, 0.15) is 11.5 Å². The number of aromatic nitrogens is 1. The Kier molecular flexibility index (Phi) is 3.06. The molecule has 0 radical (unpaired) electrons. The van der Waals surface area contributed by atoms with E-state index >= 15 is 0 Å². The third-order valence-corrected chi connectivity index (χ3v) is 4.14. The van der Waals surface area contributed by atoms with Gasteiger partial charge < -0.3 is 10.1 Å². The lowest BCUT2D eigenvalue weighted by molar-refractivity contribution is -0.114. The van der Waals surface area contributed by atoms with Crippen molar-refractivity contribution in [3.63, 3.8) is 0 Å². The van der Waals surface area contributed by atoms with E-state index in [0.717, 1.165) is 11.3 Å². The van der Waals surface area contributed by atoms with E-state index < -0.39 is 5.25 Å². The van der Waals surface area contributed by atoms with E-state index in [0.29, 0.717) is 27.7 Å². The fraction of sp³-hybridized carbons (Fsp3) is 0.333. The van der Waals surface area contributed by atoms with Crippen molar-refractivity contribution in [1.29, 1.82) is 0 Å². The first kappa shape index (κ1) is 11.3. The number of ketones is 1. The van der Waals surface area contributed by atoms with Crippen molar-refractivity contribution in [2.75, 3.05) is 5.32 Å². The van der Waals surface area contributed by atoms with Crippen molar-refractivity contribution in [2.45, 2.75) is 17.9 Å². The Hall–Kier alpha value is -1.21. The Morgan fingerprint density at radius 2 is 2.38 bits per heavy atom. The predicted molar refractivity (Wildman–Crippen MR) is 61.9 cm³/mol. The molecule has 0 spiro atoms. The number of thioether (sulfide) groups is 1. The van der Waals surface area contributed by atoms with Crippen molar-refractivity contribution in [3.8, 4) is 0 Å². The van der Waals surface area contributed by atoms with Gasteiger partial charge in [-0.3, -0.25) is 9.59 Å². The molecule has 0 aromatic carbocycles. The maximum Gasteiger partial charge on any atom is 0.223 e. The van der Waals surface area contributed by atoms with Gasteiger partial charge in [-0.25, -0.2) is 4.98 Å². The van der Waals surface area contributed by atoms with Crippen LogP contribution in [0.4, 0.5) is 5.13 Å². The monoisotopic (exact) mass is 256 g/mol. The van der Waals surface area contributed by atoms with E-state index in [1.54, 1.807) is 0 Å². The van der Waals surface area contributed by atoms with Crippen LogP contribution < -0.4 is 5.32 Å². The summed E-state index contributed by atoms with van der Waals surface area (Å²) < 4.78 is 0. The van der Waals surface area contributed by atoms with E-state index in [-0.39, 0.29) is 11.7 Å². The minimum atomic E-state index is -0.627. The molecular weight excluding hydrogens is 248 g/mol. The normalized spacial score (nSPS) is 19.1. The number of Topliss-reactive ketones (excluding diaryl/α,β-unsaturated/α-hetero) is 1. The van der Waals surface area contributed by atoms with Gasteiger partial charge in [0.15, 0.2) is 10.9 Å². The molecule has 0 saturated carbocycles. The number of thiazole rings is 1. The topological polar surface area (TPSA) is 76.1 Å². The number of hydrogen-bond donors (Lipinski definition) is 1. The molecule has 1 aromatic heterocycles. The molecule has 2 heterocycles. The third-order valence-electron chi connectivity index (χ3n) is 1.99. The highest BCUT2D eigenvalue weighted by Gasteiger charge is 2.31. The first-order chi connectivity index (χ1) is 7.61. The highest BCUT2D eigenvalue weighted by molar-refractivity contribution is 8.00. The minimum Gasteiger partial charge on any atom is -0.302 e. The molecule has 7 heteroatoms. The van der Waals surface area contributed by atoms with Crippen molar-refractivity contribution >= 4 is 46.2 Å². The van der Waals surface area contributed by atoms with E-state index in [1.165, 1.54) is 18.7 Å². The maximum atomic E-state index is 11.8. The van der Waals surface area contributed by atoms with Gasteiger partial charge in [-0.15, -0.1) is 11.8 Å². The molecule has 1 aliphatic rings. The van der Waals surface area contributed by atoms with Gasteiger partial charge in [0.05, 0.1) is 10.6 Å². The fourth-order valence-electron chi connectivity index (χ4n) is 1.32. The molecule has 0 fully saturated rings. The molecule has 1 amide bonds. The number of amides is 1. The number of nitrogens with zero attached hydrogens (tertiary/aromatic N) is 1. The molecule has 84 valence electrons. The molecule has 5 nitrogen and oxygen atoms in total. The van der Waals surface area contributed by atoms with Crippen LogP contribution in [-0.4, -0.2) is 28.2 Å². The maximum absolute atomic E-state index is 11.8. The highest BCUT2D eigenvalue weighted by atomic mass is 32.2. The lowest BCUT2D eigenvalue weighted by Gasteiger charge is -2.13. The van der Waals surface area contributed by atoms with E-state index in [9.17, 15) is 14.4 Å². The summed E-state index contributed by atoms with van der Waals surface area (Å²) >= 11 is 2.39. The molecule has 1 atom stereocenters. The largest absolute Gasteiger partial charge is 0.302 e. The Balaban J connectivity index is 2.31. The summed E-state index contributed by atoms with van der Waals surface area (Å²) in [5.74, 6) is 0.0918. The van der Waals surface area contributed by atoms with Gasteiger partial charge in [-0.1, -0.05) is 11.3 Å². The van der Waals surface area contributed by atoms with E-state index in [2.05, 4.69) is 10.3 Å². The third kappa shape index (κ3) is 2.00. The van der Waals surface area contributed by atoms with Crippen molar-refractivity contribution in [3.05, 3.63) is 10.6 Å². The molecule has 1 unspecified atom stereocenters.